The summed E-state index contributed by atoms with van der Waals surface area (Å²) in [6, 6.07) is 16.0. The monoisotopic (exact) mass is 361 g/mol. The minimum atomic E-state index is -0.510. The van der Waals surface area contributed by atoms with E-state index in [1.165, 1.54) is 0 Å². The summed E-state index contributed by atoms with van der Waals surface area (Å²) in [6.45, 7) is 1.57. The van der Waals surface area contributed by atoms with E-state index in [0.717, 1.165) is 10.0 Å². The van der Waals surface area contributed by atoms with E-state index in [0.29, 0.717) is 5.56 Å². The van der Waals surface area contributed by atoms with Crippen LogP contribution in [0, 0.1) is 0 Å². The first-order chi connectivity index (χ1) is 10.6. The first-order valence-corrected chi connectivity index (χ1v) is 7.63. The Bertz CT molecular complexity index is 658. The highest BCUT2D eigenvalue weighted by atomic mass is 79.9. The lowest BCUT2D eigenvalue weighted by molar-refractivity contribution is -0.124. The van der Waals surface area contributed by atoms with E-state index in [1.54, 1.807) is 24.3 Å². The fourth-order valence-corrected chi connectivity index (χ4v) is 2.60. The molecule has 2 rings (SSSR count). The molecule has 0 spiro atoms. The maximum absolute atomic E-state index is 11.9. The van der Waals surface area contributed by atoms with Crippen LogP contribution >= 0.6 is 15.9 Å². The summed E-state index contributed by atoms with van der Waals surface area (Å²) in [5.74, 6) is -0.850. The number of nitrogens with one attached hydrogen (secondary N) is 1. The lowest BCUT2D eigenvalue weighted by atomic mass is 10.1. The minimum absolute atomic E-state index is 0.182. The van der Waals surface area contributed by atoms with E-state index in [2.05, 4.69) is 21.2 Å². The molecule has 0 saturated heterocycles. The van der Waals surface area contributed by atoms with Gasteiger partial charge in [-0.25, -0.2) is 4.79 Å². The van der Waals surface area contributed by atoms with E-state index >= 15 is 0 Å². The number of carbonyl (C=O) groups excluding carboxylic acids is 2. The van der Waals surface area contributed by atoms with Crippen LogP contribution in [0.5, 0.6) is 0 Å². The van der Waals surface area contributed by atoms with Crippen LogP contribution in [0.15, 0.2) is 59.1 Å². The lowest BCUT2D eigenvalue weighted by Crippen LogP contribution is -2.31. The first-order valence-electron chi connectivity index (χ1n) is 6.84. The summed E-state index contributed by atoms with van der Waals surface area (Å²) < 4.78 is 5.91. The second-order valence-corrected chi connectivity index (χ2v) is 5.61. The summed E-state index contributed by atoms with van der Waals surface area (Å²) in [5.41, 5.74) is 1.39. The molecular weight excluding hydrogens is 346 g/mol. The molecule has 0 heterocycles. The summed E-state index contributed by atoms with van der Waals surface area (Å²) in [4.78, 5) is 23.6. The number of hydrogen-bond donors (Lipinski definition) is 1. The highest BCUT2D eigenvalue weighted by Gasteiger charge is 2.14. The van der Waals surface area contributed by atoms with Crippen molar-refractivity contribution < 1.29 is 14.3 Å². The van der Waals surface area contributed by atoms with Crippen molar-refractivity contribution in [3.63, 3.8) is 0 Å². The molecule has 1 amide bonds. The van der Waals surface area contributed by atoms with Crippen molar-refractivity contribution in [2.45, 2.75) is 13.0 Å². The van der Waals surface area contributed by atoms with Crippen LogP contribution in [-0.2, 0) is 9.53 Å². The Morgan fingerprint density at radius 3 is 2.41 bits per heavy atom. The molecule has 114 valence electrons. The molecule has 2 aromatic rings. The normalized spacial score (nSPS) is 11.5. The Morgan fingerprint density at radius 1 is 1.09 bits per heavy atom. The van der Waals surface area contributed by atoms with Gasteiger partial charge in [0.15, 0.2) is 6.61 Å². The molecule has 0 aromatic heterocycles. The predicted molar refractivity (Wildman–Crippen MR) is 87.4 cm³/mol. The predicted octanol–water partition coefficient (Wildman–Crippen LogP) is 3.48. The van der Waals surface area contributed by atoms with Gasteiger partial charge < -0.3 is 10.1 Å². The SMILES string of the molecule is C[C@H](NC(=O)COC(=O)c1ccccc1)c1ccccc1Br. The molecule has 1 N–H and O–H groups in total. The number of ether oxygens (including phenoxy) is 1. The van der Waals surface area contributed by atoms with Gasteiger partial charge in [0.1, 0.15) is 0 Å². The van der Waals surface area contributed by atoms with Gasteiger partial charge in [0.05, 0.1) is 11.6 Å². The Balaban J connectivity index is 1.86. The van der Waals surface area contributed by atoms with Crippen LogP contribution < -0.4 is 5.32 Å². The van der Waals surface area contributed by atoms with Crippen LogP contribution in [0.25, 0.3) is 0 Å². The van der Waals surface area contributed by atoms with Crippen LogP contribution in [0.2, 0.25) is 0 Å². The summed E-state index contributed by atoms with van der Waals surface area (Å²) in [5, 5.41) is 2.80. The van der Waals surface area contributed by atoms with Crippen molar-refractivity contribution in [2.75, 3.05) is 6.61 Å². The summed E-state index contributed by atoms with van der Waals surface area (Å²) in [7, 11) is 0. The molecule has 0 aliphatic rings. The molecule has 0 unspecified atom stereocenters. The van der Waals surface area contributed by atoms with Crippen molar-refractivity contribution in [2.24, 2.45) is 0 Å². The van der Waals surface area contributed by atoms with Gasteiger partial charge in [-0.05, 0) is 30.7 Å². The van der Waals surface area contributed by atoms with Crippen LogP contribution in [0.4, 0.5) is 0 Å². The second-order valence-electron chi connectivity index (χ2n) is 4.75. The molecule has 0 aliphatic carbocycles. The van der Waals surface area contributed by atoms with Crippen molar-refractivity contribution in [3.8, 4) is 0 Å². The van der Waals surface area contributed by atoms with Crippen molar-refractivity contribution in [1.29, 1.82) is 0 Å². The topological polar surface area (TPSA) is 55.4 Å². The highest BCUT2D eigenvalue weighted by molar-refractivity contribution is 9.10. The number of esters is 1. The van der Waals surface area contributed by atoms with Crippen LogP contribution in [0.3, 0.4) is 0 Å². The Morgan fingerprint density at radius 2 is 1.73 bits per heavy atom. The largest absolute Gasteiger partial charge is 0.452 e. The number of halogens is 1. The quantitative estimate of drug-likeness (QED) is 0.829. The van der Waals surface area contributed by atoms with Gasteiger partial charge >= 0.3 is 5.97 Å². The fourth-order valence-electron chi connectivity index (χ4n) is 1.98. The first kappa shape index (κ1) is 16.2. The van der Waals surface area contributed by atoms with Gasteiger partial charge in [0.25, 0.3) is 5.91 Å². The van der Waals surface area contributed by atoms with E-state index in [4.69, 9.17) is 4.74 Å². The second kappa shape index (κ2) is 7.75. The number of carbonyl (C=O) groups is 2. The van der Waals surface area contributed by atoms with Gasteiger partial charge in [-0.3, -0.25) is 4.79 Å². The van der Waals surface area contributed by atoms with Gasteiger partial charge in [-0.2, -0.15) is 0 Å². The average Bonchev–Trinajstić information content (AvgIpc) is 2.53. The molecule has 1 atom stereocenters. The lowest BCUT2D eigenvalue weighted by Gasteiger charge is -2.15. The number of rotatable bonds is 5. The zero-order chi connectivity index (χ0) is 15.9. The molecule has 0 radical (unpaired) electrons. The van der Waals surface area contributed by atoms with Gasteiger partial charge in [0, 0.05) is 4.47 Å². The Labute approximate surface area is 137 Å². The molecular formula is C17H16BrNO3. The van der Waals surface area contributed by atoms with E-state index in [9.17, 15) is 9.59 Å². The van der Waals surface area contributed by atoms with Crippen molar-refractivity contribution in [3.05, 3.63) is 70.2 Å². The Hall–Kier alpha value is -2.14. The van der Waals surface area contributed by atoms with Crippen molar-refractivity contribution >= 4 is 27.8 Å². The third-order valence-corrected chi connectivity index (χ3v) is 3.82. The van der Waals surface area contributed by atoms with Crippen molar-refractivity contribution in [1.82, 2.24) is 5.32 Å². The molecule has 22 heavy (non-hydrogen) atoms. The number of amides is 1. The minimum Gasteiger partial charge on any atom is -0.452 e. The van der Waals surface area contributed by atoms with Crippen LogP contribution in [0.1, 0.15) is 28.9 Å². The van der Waals surface area contributed by atoms with Gasteiger partial charge in [0.2, 0.25) is 0 Å². The average molecular weight is 362 g/mol. The highest BCUT2D eigenvalue weighted by Crippen LogP contribution is 2.22. The summed E-state index contributed by atoms with van der Waals surface area (Å²) >= 11 is 3.44. The molecule has 0 bridgehead atoms. The standard InChI is InChI=1S/C17H16BrNO3/c1-12(14-9-5-6-10-15(14)18)19-16(20)11-22-17(21)13-7-3-2-4-8-13/h2-10,12H,11H2,1H3,(H,19,20)/t12-/m0/s1. The van der Waals surface area contributed by atoms with E-state index in [-0.39, 0.29) is 18.6 Å². The molecule has 0 saturated carbocycles. The van der Waals surface area contributed by atoms with Gasteiger partial charge in [-0.1, -0.05) is 52.3 Å². The third kappa shape index (κ3) is 4.43. The summed E-state index contributed by atoms with van der Waals surface area (Å²) in [6.07, 6.45) is 0. The number of hydrogen-bond acceptors (Lipinski definition) is 3. The molecule has 2 aromatic carbocycles. The van der Waals surface area contributed by atoms with Gasteiger partial charge in [-0.15, -0.1) is 0 Å². The van der Waals surface area contributed by atoms with E-state index < -0.39 is 5.97 Å². The fraction of sp³-hybridized carbons (Fsp3) is 0.176. The Kier molecular flexibility index (Phi) is 5.72. The molecule has 0 aliphatic heterocycles. The molecule has 5 heteroatoms. The third-order valence-electron chi connectivity index (χ3n) is 3.09. The zero-order valence-electron chi connectivity index (χ0n) is 12.1. The maximum atomic E-state index is 11.9. The molecule has 4 nitrogen and oxygen atoms in total. The smallest absolute Gasteiger partial charge is 0.338 e. The van der Waals surface area contributed by atoms with Crippen LogP contribution in [-0.4, -0.2) is 18.5 Å². The van der Waals surface area contributed by atoms with E-state index in [1.807, 2.05) is 37.3 Å². The maximum Gasteiger partial charge on any atom is 0.338 e. The molecule has 0 fully saturated rings. The number of benzene rings is 2. The zero-order valence-corrected chi connectivity index (χ0v) is 13.7.